The van der Waals surface area contributed by atoms with E-state index in [1.54, 1.807) is 66.8 Å². The van der Waals surface area contributed by atoms with E-state index < -0.39 is 0 Å². The molecule has 0 radical (unpaired) electrons. The van der Waals surface area contributed by atoms with Gasteiger partial charge in [0, 0.05) is 84.7 Å². The molecule has 5 N–H and O–H groups in total. The van der Waals surface area contributed by atoms with E-state index in [4.69, 9.17) is 19.9 Å². The number of benzene rings is 5. The summed E-state index contributed by atoms with van der Waals surface area (Å²) in [4.78, 5) is 66.9. The highest BCUT2D eigenvalue weighted by Gasteiger charge is 2.26. The second-order valence-electron chi connectivity index (χ2n) is 22.8. The third-order valence-corrected chi connectivity index (χ3v) is 17.0. The molecule has 84 heavy (non-hydrogen) atoms. The Morgan fingerprint density at radius 3 is 1.69 bits per heavy atom. The summed E-state index contributed by atoms with van der Waals surface area (Å²) in [7, 11) is 1.78. The van der Waals surface area contributed by atoms with Gasteiger partial charge >= 0.3 is 0 Å². The van der Waals surface area contributed by atoms with Crippen molar-refractivity contribution in [1.82, 2.24) is 30.4 Å². The Morgan fingerprint density at radius 1 is 0.571 bits per heavy atom. The summed E-state index contributed by atoms with van der Waals surface area (Å²) in [5.41, 5.74) is 16.9. The lowest BCUT2D eigenvalue weighted by Crippen LogP contribution is -2.41. The first-order valence-electron chi connectivity index (χ1n) is 30.1. The number of likely N-dealkylation sites (N-methyl/N-ethyl adjacent to an activating group) is 1. The van der Waals surface area contributed by atoms with Crippen molar-refractivity contribution in [3.05, 3.63) is 190 Å². The number of nitrogens with one attached hydrogen (secondary N) is 3. The van der Waals surface area contributed by atoms with Crippen molar-refractivity contribution in [2.75, 3.05) is 57.5 Å². The van der Waals surface area contributed by atoms with Crippen LogP contribution in [0.1, 0.15) is 153 Å². The summed E-state index contributed by atoms with van der Waals surface area (Å²) in [5, 5.41) is 9.52. The summed E-state index contributed by atoms with van der Waals surface area (Å²) in [6.07, 6.45) is 18.6. The molecule has 0 spiro atoms. The van der Waals surface area contributed by atoms with Crippen LogP contribution in [0.25, 0.3) is 22.5 Å². The van der Waals surface area contributed by atoms with Gasteiger partial charge in [0.1, 0.15) is 11.5 Å². The second kappa shape index (κ2) is 27.3. The van der Waals surface area contributed by atoms with E-state index in [-0.39, 0.29) is 47.9 Å². The molecule has 15 nitrogen and oxygen atoms in total. The number of anilines is 2. The maximum Gasteiger partial charge on any atom is 0.255 e. The lowest BCUT2D eigenvalue weighted by Gasteiger charge is -2.28. The number of amides is 4. The fraction of sp³-hybridized carbons (Fsp3) is 0.362. The number of hydrogen-bond acceptors (Lipinski definition) is 11. The van der Waals surface area contributed by atoms with Gasteiger partial charge in [0.15, 0.2) is 0 Å². The second-order valence-corrected chi connectivity index (χ2v) is 22.8. The molecule has 2 saturated carbocycles. The summed E-state index contributed by atoms with van der Waals surface area (Å²) >= 11 is 0. The number of ether oxygens (including phenoxy) is 3. The minimum atomic E-state index is -0.360. The first kappa shape index (κ1) is 57.4. The quantitative estimate of drug-likeness (QED) is 0.0674. The van der Waals surface area contributed by atoms with Gasteiger partial charge in [-0.15, -0.1) is 0 Å². The summed E-state index contributed by atoms with van der Waals surface area (Å²) in [6.45, 7) is 4.47. The number of carbonyl (C=O) groups excluding carboxylic acids is 4. The van der Waals surface area contributed by atoms with Crippen LogP contribution in [0.5, 0.6) is 11.5 Å². The number of aryl methyl sites for hydroxylation is 2. The number of morpholine rings is 1. The molecule has 12 rings (SSSR count). The lowest BCUT2D eigenvalue weighted by molar-refractivity contribution is 0.0338. The van der Waals surface area contributed by atoms with Crippen LogP contribution in [0.4, 0.5) is 11.4 Å². The highest BCUT2D eigenvalue weighted by molar-refractivity contribution is 6.08. The van der Waals surface area contributed by atoms with Crippen LogP contribution in [-0.4, -0.2) is 102 Å². The van der Waals surface area contributed by atoms with Crippen molar-refractivity contribution in [3.8, 4) is 34.0 Å². The number of fused-ring (bicyclic) bond motifs is 2. The van der Waals surface area contributed by atoms with Gasteiger partial charge in [0.2, 0.25) is 0 Å². The zero-order valence-corrected chi connectivity index (χ0v) is 48.0. The predicted molar refractivity (Wildman–Crippen MR) is 327 cm³/mol. The van der Waals surface area contributed by atoms with Crippen LogP contribution in [0.3, 0.4) is 0 Å². The molecule has 7 aromatic rings. The molecule has 15 heteroatoms. The molecule has 3 fully saturated rings. The maximum absolute atomic E-state index is 13.8. The van der Waals surface area contributed by atoms with Gasteiger partial charge in [-0.2, -0.15) is 0 Å². The molecule has 3 heterocycles. The Hall–Kier alpha value is -8.40. The van der Waals surface area contributed by atoms with Gasteiger partial charge in [0.25, 0.3) is 23.6 Å². The fourth-order valence-electron chi connectivity index (χ4n) is 12.3. The monoisotopic (exact) mass is 1130 g/mol. The highest BCUT2D eigenvalue weighted by atomic mass is 16.5. The lowest BCUT2D eigenvalue weighted by atomic mass is 9.87. The normalized spacial score (nSPS) is 17.8. The summed E-state index contributed by atoms with van der Waals surface area (Å²) in [6, 6.07) is 41.8. The van der Waals surface area contributed by atoms with Crippen LogP contribution in [0.2, 0.25) is 0 Å². The number of aromatic nitrogens is 2. The van der Waals surface area contributed by atoms with E-state index in [1.165, 1.54) is 35.1 Å². The number of pyridine rings is 2. The van der Waals surface area contributed by atoms with Gasteiger partial charge < -0.3 is 40.8 Å². The molecule has 0 unspecified atom stereocenters. The van der Waals surface area contributed by atoms with Crippen molar-refractivity contribution in [2.45, 2.75) is 114 Å². The van der Waals surface area contributed by atoms with Gasteiger partial charge in [-0.05, 0) is 191 Å². The number of rotatable bonds is 16. The van der Waals surface area contributed by atoms with Gasteiger partial charge in [-0.25, -0.2) is 0 Å². The van der Waals surface area contributed by atoms with E-state index in [0.717, 1.165) is 108 Å². The van der Waals surface area contributed by atoms with Gasteiger partial charge in [-0.1, -0.05) is 54.6 Å². The van der Waals surface area contributed by atoms with Gasteiger partial charge in [-0.3, -0.25) is 34.0 Å². The standard InChI is InChI=1S/C42H47N5O5.C27H29N3O2/c1-46(20-21-47-22-24-51-25-23-47)42(50)32-11-6-10-30(26-32)40(48)45-38-17-16-34(52-33-12-3-4-13-33)28-36(38)39-27-31(18-19-43-39)41(49)44-37-15-7-9-29-8-2-5-14-35(29)37;28-24-13-12-21(32-20-8-2-3-9-20)17-23(24)26-16-19(14-15-29-26)27(31)30-25-11-5-7-18-6-1-4-10-22(18)25/h2,5-6,8,10-11,14,16-19,26-28,33,37H,3-4,7,9,12-13,15,20-25H2,1H3,(H,44,49)(H,45,48);1,4,6,10,12-17,20,25H,2-3,5,7-9,11,28H2,(H,30,31)/t37-;25-/m00/s1. The van der Waals surface area contributed by atoms with Crippen molar-refractivity contribution < 1.29 is 33.4 Å². The van der Waals surface area contributed by atoms with Crippen LogP contribution in [-0.2, 0) is 17.6 Å². The Bertz CT molecular complexity index is 3460. The zero-order valence-electron chi connectivity index (χ0n) is 48.0. The predicted octanol–water partition coefficient (Wildman–Crippen LogP) is 12.0. The largest absolute Gasteiger partial charge is 0.490 e. The summed E-state index contributed by atoms with van der Waals surface area (Å²) < 4.78 is 17.9. The third kappa shape index (κ3) is 14.3. The molecule has 4 aliphatic carbocycles. The molecule has 1 saturated heterocycles. The Balaban J connectivity index is 0.000000196. The maximum atomic E-state index is 13.8. The first-order chi connectivity index (χ1) is 41.1. The molecule has 434 valence electrons. The molecule has 5 aromatic carbocycles. The first-order valence-corrected chi connectivity index (χ1v) is 30.1. The SMILES string of the molecule is CN(CCN1CCOCC1)C(=O)c1cccc(C(=O)Nc2ccc(OC3CCCC3)cc2-c2cc(C(=O)N[C@H]3CCCc4ccccc43)ccn2)c1.Nc1ccc(OC2CCCC2)cc1-c1cc(C(=O)N[C@H]2CCCc3ccccc32)ccn1. The highest BCUT2D eigenvalue weighted by Crippen LogP contribution is 2.36. The minimum Gasteiger partial charge on any atom is -0.490 e. The molecule has 5 aliphatic rings. The van der Waals surface area contributed by atoms with Crippen molar-refractivity contribution >= 4 is 35.0 Å². The van der Waals surface area contributed by atoms with E-state index in [0.29, 0.717) is 76.1 Å². The third-order valence-electron chi connectivity index (χ3n) is 17.0. The van der Waals surface area contributed by atoms with Crippen LogP contribution < -0.4 is 31.2 Å². The Morgan fingerprint density at radius 2 is 1.10 bits per heavy atom. The number of nitrogen functional groups attached to an aromatic ring is 1. The van der Waals surface area contributed by atoms with E-state index >= 15 is 0 Å². The van der Waals surface area contributed by atoms with Crippen molar-refractivity contribution in [2.24, 2.45) is 0 Å². The van der Waals surface area contributed by atoms with Crippen molar-refractivity contribution in [3.63, 3.8) is 0 Å². The average Bonchev–Trinajstić information content (AvgIpc) is 4.36. The molecule has 1 aliphatic heterocycles. The summed E-state index contributed by atoms with van der Waals surface area (Å²) in [5.74, 6) is 0.715. The van der Waals surface area contributed by atoms with E-state index in [9.17, 15) is 19.2 Å². The molecule has 2 aromatic heterocycles. The topological polar surface area (TPSA) is 190 Å². The van der Waals surface area contributed by atoms with Crippen LogP contribution in [0.15, 0.2) is 146 Å². The number of hydrogen-bond donors (Lipinski definition) is 4. The van der Waals surface area contributed by atoms with Crippen molar-refractivity contribution in [1.29, 1.82) is 0 Å². The van der Waals surface area contributed by atoms with E-state index in [1.807, 2.05) is 60.7 Å². The molecular formula is C69H76N8O7. The molecule has 4 amide bonds. The smallest absolute Gasteiger partial charge is 0.255 e. The molecule has 2 atom stereocenters. The Kier molecular flexibility index (Phi) is 18.7. The Labute approximate surface area is 492 Å². The fourth-order valence-corrected chi connectivity index (χ4v) is 12.3. The average molecular weight is 1130 g/mol. The molecule has 0 bridgehead atoms. The number of carbonyl (C=O) groups is 4. The number of nitrogens with zero attached hydrogens (tertiary/aromatic N) is 4. The minimum absolute atomic E-state index is 0.0391. The molecular weight excluding hydrogens is 1050 g/mol. The van der Waals surface area contributed by atoms with E-state index in [2.05, 4.69) is 61.2 Å². The van der Waals surface area contributed by atoms with Gasteiger partial charge in [0.05, 0.1) is 54.6 Å². The zero-order chi connectivity index (χ0) is 57.8. The van der Waals surface area contributed by atoms with Crippen LogP contribution >= 0.6 is 0 Å². The number of nitrogens with two attached hydrogens (primary N) is 1. The van der Waals surface area contributed by atoms with Crippen LogP contribution in [0, 0.1) is 0 Å².